The molecule has 1 atom stereocenters. The first-order valence-electron chi connectivity index (χ1n) is 9.72. The van der Waals surface area contributed by atoms with Gasteiger partial charge in [-0.2, -0.15) is 4.94 Å². The molecule has 0 N–H and O–H groups in total. The van der Waals surface area contributed by atoms with Crippen LogP contribution in [0.1, 0.15) is 33.2 Å². The van der Waals surface area contributed by atoms with E-state index >= 15 is 0 Å². The molecule has 1 unspecified atom stereocenters. The van der Waals surface area contributed by atoms with Gasteiger partial charge in [-0.15, -0.1) is 0 Å². The zero-order chi connectivity index (χ0) is 21.0. The highest BCUT2D eigenvalue weighted by molar-refractivity contribution is 6.21. The maximum Gasteiger partial charge on any atom is 0.167 e. The van der Waals surface area contributed by atoms with Crippen molar-refractivity contribution in [2.45, 2.75) is 19.7 Å². The van der Waals surface area contributed by atoms with E-state index in [0.29, 0.717) is 17.7 Å². The summed E-state index contributed by atoms with van der Waals surface area (Å²) in [6, 6.07) is 15.3. The number of anilines is 1. The minimum atomic E-state index is -0.811. The van der Waals surface area contributed by atoms with Gasteiger partial charge in [0.25, 0.3) is 0 Å². The summed E-state index contributed by atoms with van der Waals surface area (Å²) < 4.78 is 15.3. The van der Waals surface area contributed by atoms with Crippen LogP contribution in [0.5, 0.6) is 0 Å². The Morgan fingerprint density at radius 3 is 2.47 bits per heavy atom. The van der Waals surface area contributed by atoms with Crippen molar-refractivity contribution in [1.29, 1.82) is 0 Å². The Kier molecular flexibility index (Phi) is 4.18. The molecular formula is C24H19FN2O3. The first kappa shape index (κ1) is 18.5. The van der Waals surface area contributed by atoms with Crippen LogP contribution < -0.4 is 4.90 Å². The number of nitrogens with zero attached hydrogens (tertiary/aromatic N) is 2. The maximum atomic E-state index is 13.2. The Labute approximate surface area is 172 Å². The molecule has 0 saturated carbocycles. The molecule has 3 aromatic carbocycles. The molecule has 0 aliphatic carbocycles. The number of aromatic nitrogens is 1. The molecule has 1 aliphatic heterocycles. The monoisotopic (exact) mass is 402 g/mol. The molecule has 0 bridgehead atoms. The van der Waals surface area contributed by atoms with E-state index in [1.54, 1.807) is 6.92 Å². The van der Waals surface area contributed by atoms with E-state index < -0.39 is 6.23 Å². The summed E-state index contributed by atoms with van der Waals surface area (Å²) in [5, 5.41) is 1.65. The van der Waals surface area contributed by atoms with Crippen molar-refractivity contribution < 1.29 is 19.1 Å². The van der Waals surface area contributed by atoms with E-state index in [1.807, 2.05) is 65.0 Å². The Hall–Kier alpha value is -3.51. The van der Waals surface area contributed by atoms with Crippen LogP contribution in [-0.4, -0.2) is 23.4 Å². The summed E-state index contributed by atoms with van der Waals surface area (Å²) in [7, 11) is 1.94. The fourth-order valence-electron chi connectivity index (χ4n) is 4.84. The summed E-state index contributed by atoms with van der Waals surface area (Å²) in [6.07, 6.45) is 0.710. The van der Waals surface area contributed by atoms with Crippen molar-refractivity contribution in [3.05, 3.63) is 65.2 Å². The zero-order valence-corrected chi connectivity index (χ0v) is 16.6. The fourth-order valence-corrected chi connectivity index (χ4v) is 4.84. The third kappa shape index (κ3) is 2.31. The number of carbonyl (C=O) groups excluding carboxylic acids is 2. The summed E-state index contributed by atoms with van der Waals surface area (Å²) in [6.45, 7) is 1.99. The van der Waals surface area contributed by atoms with Crippen LogP contribution >= 0.6 is 0 Å². The predicted molar refractivity (Wildman–Crippen MR) is 114 cm³/mol. The van der Waals surface area contributed by atoms with Gasteiger partial charge in [0.2, 0.25) is 0 Å². The summed E-state index contributed by atoms with van der Waals surface area (Å²) >= 11 is 0. The molecule has 0 spiro atoms. The van der Waals surface area contributed by atoms with E-state index in [4.69, 9.17) is 0 Å². The molecule has 5 rings (SSSR count). The van der Waals surface area contributed by atoms with Gasteiger partial charge in [0.05, 0.1) is 5.52 Å². The number of para-hydroxylation sites is 2. The number of benzene rings is 3. The second-order valence-corrected chi connectivity index (χ2v) is 7.55. The third-order valence-corrected chi connectivity index (χ3v) is 6.14. The largest absolute Gasteiger partial charge is 0.343 e. The standard InChI is InChI=1S/C24H19FN2O3/c1-14(30-25)27-11-17-22(16-8-4-6-10-21(16)27)18(12-28)19(13-29)23-15-7-3-5-9-20(15)26(2)24(17)23/h3-10,12-14H,11H2,1-2H3. The Morgan fingerprint density at radius 2 is 1.73 bits per heavy atom. The van der Waals surface area contributed by atoms with Crippen molar-refractivity contribution in [3.63, 3.8) is 0 Å². The topological polar surface area (TPSA) is 51.5 Å². The molecule has 2 heterocycles. The molecule has 6 heteroatoms. The van der Waals surface area contributed by atoms with Gasteiger partial charge in [-0.1, -0.05) is 36.4 Å². The SMILES string of the molecule is CC(OF)N1Cc2c(c(C=O)c(C=O)c3c4ccccc4n(C)c23)-c2ccccc21. The molecule has 0 amide bonds. The second kappa shape index (κ2) is 6.78. The van der Waals surface area contributed by atoms with Crippen molar-refractivity contribution in [2.75, 3.05) is 4.90 Å². The van der Waals surface area contributed by atoms with Gasteiger partial charge in [0.15, 0.2) is 18.8 Å². The first-order chi connectivity index (χ1) is 14.6. The number of halogens is 1. The third-order valence-electron chi connectivity index (χ3n) is 6.14. The van der Waals surface area contributed by atoms with E-state index in [-0.39, 0.29) is 0 Å². The highest BCUT2D eigenvalue weighted by atomic mass is 19.3. The molecule has 1 aromatic heterocycles. The quantitative estimate of drug-likeness (QED) is 0.441. The summed E-state index contributed by atoms with van der Waals surface area (Å²) in [5.41, 5.74) is 5.71. The molecule has 5 nitrogen and oxygen atoms in total. The Balaban J connectivity index is 2.02. The van der Waals surface area contributed by atoms with E-state index in [0.717, 1.165) is 56.8 Å². The van der Waals surface area contributed by atoms with Crippen molar-refractivity contribution in [3.8, 4) is 11.1 Å². The number of aldehydes is 2. The van der Waals surface area contributed by atoms with E-state index in [2.05, 4.69) is 4.94 Å². The lowest BCUT2D eigenvalue weighted by atomic mass is 9.85. The van der Waals surface area contributed by atoms with Crippen LogP contribution in [0.2, 0.25) is 0 Å². The highest BCUT2D eigenvalue weighted by Crippen LogP contribution is 2.47. The number of fused-ring (bicyclic) bond motifs is 7. The highest BCUT2D eigenvalue weighted by Gasteiger charge is 2.32. The van der Waals surface area contributed by atoms with Gasteiger partial charge >= 0.3 is 0 Å². The number of rotatable bonds is 4. The smallest absolute Gasteiger partial charge is 0.167 e. The minimum Gasteiger partial charge on any atom is -0.343 e. The van der Waals surface area contributed by atoms with Crippen LogP contribution in [0.25, 0.3) is 32.9 Å². The van der Waals surface area contributed by atoms with Crippen LogP contribution in [0.4, 0.5) is 10.2 Å². The van der Waals surface area contributed by atoms with Gasteiger partial charge in [-0.25, -0.2) is 0 Å². The molecule has 150 valence electrons. The number of carbonyl (C=O) groups is 2. The molecule has 1 aliphatic rings. The molecule has 0 radical (unpaired) electrons. The lowest BCUT2D eigenvalue weighted by molar-refractivity contribution is -0.172. The molecule has 0 saturated heterocycles. The van der Waals surface area contributed by atoms with Gasteiger partial charge < -0.3 is 9.47 Å². The van der Waals surface area contributed by atoms with Crippen molar-refractivity contribution in [2.24, 2.45) is 7.05 Å². The summed E-state index contributed by atoms with van der Waals surface area (Å²) in [4.78, 5) is 30.5. The van der Waals surface area contributed by atoms with Gasteiger partial charge in [0.1, 0.15) is 0 Å². The minimum absolute atomic E-state index is 0.345. The van der Waals surface area contributed by atoms with Crippen LogP contribution in [0.15, 0.2) is 48.5 Å². The van der Waals surface area contributed by atoms with Crippen molar-refractivity contribution in [1.82, 2.24) is 4.57 Å². The normalized spacial score (nSPS) is 13.9. The van der Waals surface area contributed by atoms with E-state index in [1.165, 1.54) is 0 Å². The molecular weight excluding hydrogens is 383 g/mol. The lowest BCUT2D eigenvalue weighted by Gasteiger charge is -2.36. The van der Waals surface area contributed by atoms with E-state index in [9.17, 15) is 14.1 Å². The molecule has 30 heavy (non-hydrogen) atoms. The number of hydrogen-bond acceptors (Lipinski definition) is 4. The van der Waals surface area contributed by atoms with Gasteiger partial charge in [-0.05, 0) is 23.6 Å². The number of aryl methyl sites for hydroxylation is 1. The van der Waals surface area contributed by atoms with Crippen LogP contribution in [0.3, 0.4) is 0 Å². The first-order valence-corrected chi connectivity index (χ1v) is 9.72. The van der Waals surface area contributed by atoms with Gasteiger partial charge in [-0.3, -0.25) is 9.59 Å². The lowest BCUT2D eigenvalue weighted by Crippen LogP contribution is -2.36. The average molecular weight is 402 g/mol. The fraction of sp³-hybridized carbons (Fsp3) is 0.167. The van der Waals surface area contributed by atoms with Crippen LogP contribution in [0, 0.1) is 0 Å². The van der Waals surface area contributed by atoms with Gasteiger partial charge in [0, 0.05) is 63.4 Å². The predicted octanol–water partition coefficient (Wildman–Crippen LogP) is 5.19. The van der Waals surface area contributed by atoms with Crippen LogP contribution in [-0.2, 0) is 18.5 Å². The average Bonchev–Trinajstić information content (AvgIpc) is 3.09. The Bertz CT molecular complexity index is 1340. The number of hydrogen-bond donors (Lipinski definition) is 0. The zero-order valence-electron chi connectivity index (χ0n) is 16.6. The molecule has 4 aromatic rings. The Morgan fingerprint density at radius 1 is 1.03 bits per heavy atom. The summed E-state index contributed by atoms with van der Waals surface area (Å²) in [5.74, 6) is 0. The maximum absolute atomic E-state index is 13.2. The van der Waals surface area contributed by atoms with Crippen molar-refractivity contribution >= 4 is 40.1 Å². The second-order valence-electron chi connectivity index (χ2n) is 7.55. The molecule has 0 fully saturated rings.